The molecule has 40 heavy (non-hydrogen) atoms. The summed E-state index contributed by atoms with van der Waals surface area (Å²) in [4.78, 5) is 13.1. The first-order valence-electron chi connectivity index (χ1n) is 13.1. The number of aliphatic imine (C=N–C) groups is 1. The minimum atomic E-state index is -0.473. The molecule has 1 N–H and O–H groups in total. The highest BCUT2D eigenvalue weighted by Gasteiger charge is 2.51. The molecular weight excluding hydrogens is 571 g/mol. The van der Waals surface area contributed by atoms with Crippen LogP contribution in [0, 0.1) is 0 Å². The van der Waals surface area contributed by atoms with Gasteiger partial charge in [0, 0.05) is 5.39 Å². The SMILES string of the molecule is C=N/C(OCc1ccccc1C(C)Nc1ncnc2ccc(B3OC(C)(C)C(C)(C)O3)cc12)=C(\C=C(/C)Br)OC. The normalized spacial score (nSPS) is 17.8. The molecule has 2 aromatic carbocycles. The number of hydrogen-bond acceptors (Lipinski definition) is 8. The number of methoxy groups -OCH3 is 1. The van der Waals surface area contributed by atoms with Crippen LogP contribution in [0.1, 0.15) is 58.7 Å². The number of rotatable bonds is 10. The largest absolute Gasteiger partial charge is 0.494 e. The number of allylic oxidation sites excluding steroid dienone is 2. The van der Waals surface area contributed by atoms with Gasteiger partial charge >= 0.3 is 7.12 Å². The van der Waals surface area contributed by atoms with E-state index in [1.165, 1.54) is 0 Å². The first-order valence-corrected chi connectivity index (χ1v) is 13.9. The van der Waals surface area contributed by atoms with Crippen molar-refractivity contribution in [2.75, 3.05) is 12.4 Å². The van der Waals surface area contributed by atoms with E-state index in [2.05, 4.69) is 55.9 Å². The fourth-order valence-electron chi connectivity index (χ4n) is 4.42. The van der Waals surface area contributed by atoms with Gasteiger partial charge in [-0.2, -0.15) is 0 Å². The molecule has 1 aromatic heterocycles. The van der Waals surface area contributed by atoms with Gasteiger partial charge in [-0.1, -0.05) is 46.3 Å². The molecule has 2 heterocycles. The van der Waals surface area contributed by atoms with E-state index in [4.69, 9.17) is 18.8 Å². The molecule has 0 radical (unpaired) electrons. The molecule has 1 aliphatic heterocycles. The highest BCUT2D eigenvalue weighted by atomic mass is 79.9. The smallest absolute Gasteiger partial charge is 0.491 e. The zero-order chi connectivity index (χ0) is 29.1. The summed E-state index contributed by atoms with van der Waals surface area (Å²) in [6.45, 7) is 16.1. The molecule has 1 atom stereocenters. The third-order valence-corrected chi connectivity index (χ3v) is 7.56. The molecule has 0 saturated carbocycles. The predicted octanol–water partition coefficient (Wildman–Crippen LogP) is 6.43. The van der Waals surface area contributed by atoms with E-state index in [9.17, 15) is 0 Å². The average molecular weight is 607 g/mol. The van der Waals surface area contributed by atoms with Gasteiger partial charge in [-0.25, -0.2) is 15.0 Å². The average Bonchev–Trinajstić information content (AvgIpc) is 3.14. The Kier molecular flexibility index (Phi) is 9.02. The lowest BCUT2D eigenvalue weighted by molar-refractivity contribution is 0.00578. The zero-order valence-corrected chi connectivity index (χ0v) is 25.7. The Labute approximate surface area is 245 Å². The monoisotopic (exact) mass is 606 g/mol. The summed E-state index contributed by atoms with van der Waals surface area (Å²) in [6.07, 6.45) is 3.36. The zero-order valence-electron chi connectivity index (χ0n) is 24.1. The number of anilines is 1. The standard InChI is InChI=1S/C30H36BBrN4O4/c1-19(32)15-26(37-8)28(33-7)38-17-21-11-9-10-12-23(21)20(2)36-27-24-16-22(13-14-25(24)34-18-35-27)31-39-29(3,4)30(5,6)40-31/h9-16,18,20H,7,17H2,1-6,8H3,(H,34,35,36)/b19-15+,28-26-. The molecule has 0 aliphatic carbocycles. The van der Waals surface area contributed by atoms with E-state index >= 15 is 0 Å². The second-order valence-electron chi connectivity index (χ2n) is 10.7. The highest BCUT2D eigenvalue weighted by Crippen LogP contribution is 2.37. The Balaban J connectivity index is 1.59. The van der Waals surface area contributed by atoms with Crippen molar-refractivity contribution in [2.24, 2.45) is 4.99 Å². The van der Waals surface area contributed by atoms with Crippen molar-refractivity contribution in [2.45, 2.75) is 65.4 Å². The van der Waals surface area contributed by atoms with E-state index in [-0.39, 0.29) is 12.6 Å². The molecule has 210 valence electrons. The first-order chi connectivity index (χ1) is 19.0. The molecule has 8 nitrogen and oxygen atoms in total. The fourth-order valence-corrected chi connectivity index (χ4v) is 4.62. The Morgan fingerprint density at radius 3 is 2.50 bits per heavy atom. The Bertz CT molecular complexity index is 1440. The summed E-state index contributed by atoms with van der Waals surface area (Å²) in [5, 5.41) is 4.46. The van der Waals surface area contributed by atoms with E-state index in [0.29, 0.717) is 11.6 Å². The number of nitrogens with one attached hydrogen (secondary N) is 1. The summed E-state index contributed by atoms with van der Waals surface area (Å²) >= 11 is 3.42. The van der Waals surface area contributed by atoms with Crippen molar-refractivity contribution in [1.29, 1.82) is 0 Å². The van der Waals surface area contributed by atoms with E-state index in [1.807, 2.05) is 71.0 Å². The topological polar surface area (TPSA) is 87.1 Å². The molecule has 4 rings (SSSR count). The molecule has 1 fully saturated rings. The minimum absolute atomic E-state index is 0.0888. The summed E-state index contributed by atoms with van der Waals surface area (Å²) in [6, 6.07) is 14.0. The lowest BCUT2D eigenvalue weighted by Gasteiger charge is -2.32. The quantitative estimate of drug-likeness (QED) is 0.123. The molecule has 3 aromatic rings. The van der Waals surface area contributed by atoms with E-state index in [0.717, 1.165) is 37.8 Å². The second-order valence-corrected chi connectivity index (χ2v) is 12.0. The molecule has 0 bridgehead atoms. The molecule has 1 unspecified atom stereocenters. The van der Waals surface area contributed by atoms with Crippen molar-refractivity contribution < 1.29 is 18.8 Å². The first kappa shape index (κ1) is 29.8. The molecule has 1 aliphatic rings. The number of aromatic nitrogens is 2. The minimum Gasteiger partial charge on any atom is -0.491 e. The van der Waals surface area contributed by atoms with Gasteiger partial charge in [0.05, 0.1) is 29.9 Å². The van der Waals surface area contributed by atoms with Crippen LogP contribution >= 0.6 is 15.9 Å². The highest BCUT2D eigenvalue weighted by molar-refractivity contribution is 9.11. The van der Waals surface area contributed by atoms with E-state index in [1.54, 1.807) is 19.5 Å². The van der Waals surface area contributed by atoms with Crippen LogP contribution in [0.4, 0.5) is 5.82 Å². The molecular formula is C30H36BBrN4O4. The predicted molar refractivity (Wildman–Crippen MR) is 165 cm³/mol. The van der Waals surface area contributed by atoms with Gasteiger partial charge in [-0.3, -0.25) is 0 Å². The van der Waals surface area contributed by atoms with Gasteiger partial charge in [0.2, 0.25) is 0 Å². The van der Waals surface area contributed by atoms with E-state index < -0.39 is 18.3 Å². The van der Waals surface area contributed by atoms with Crippen LogP contribution in [-0.4, -0.2) is 42.1 Å². The molecule has 0 amide bonds. The number of halogens is 1. The summed E-state index contributed by atoms with van der Waals surface area (Å²) in [7, 11) is 1.10. The second kappa shape index (κ2) is 12.1. The van der Waals surface area contributed by atoms with Crippen molar-refractivity contribution >= 4 is 51.9 Å². The summed E-state index contributed by atoms with van der Waals surface area (Å²) in [5.74, 6) is 1.52. The van der Waals surface area contributed by atoms with Gasteiger partial charge < -0.3 is 24.1 Å². The number of hydrogen-bond donors (Lipinski definition) is 1. The van der Waals surface area contributed by atoms with Crippen LogP contribution in [0.3, 0.4) is 0 Å². The van der Waals surface area contributed by atoms with Crippen LogP contribution in [-0.2, 0) is 25.4 Å². The maximum atomic E-state index is 6.28. The lowest BCUT2D eigenvalue weighted by Crippen LogP contribution is -2.41. The lowest BCUT2D eigenvalue weighted by atomic mass is 9.78. The maximum absolute atomic E-state index is 6.28. The fraction of sp³-hybridized carbons (Fsp3) is 0.367. The van der Waals surface area contributed by atoms with Gasteiger partial charge in [0.15, 0.2) is 5.76 Å². The Morgan fingerprint density at radius 2 is 1.85 bits per heavy atom. The summed E-state index contributed by atoms with van der Waals surface area (Å²) < 4.78 is 24.9. The van der Waals surface area contributed by atoms with Crippen molar-refractivity contribution in [3.8, 4) is 0 Å². The van der Waals surface area contributed by atoms with Gasteiger partial charge in [-0.05, 0) is 87.5 Å². The number of benzene rings is 2. The van der Waals surface area contributed by atoms with Crippen LogP contribution in [0.2, 0.25) is 0 Å². The maximum Gasteiger partial charge on any atom is 0.494 e. The van der Waals surface area contributed by atoms with Gasteiger partial charge in [0.1, 0.15) is 18.8 Å². The third kappa shape index (κ3) is 6.40. The molecule has 0 spiro atoms. The van der Waals surface area contributed by atoms with Crippen LogP contribution in [0.25, 0.3) is 10.9 Å². The Hall–Kier alpha value is -3.21. The Morgan fingerprint density at radius 1 is 1.15 bits per heavy atom. The van der Waals surface area contributed by atoms with Crippen LogP contribution < -0.4 is 10.8 Å². The number of nitrogens with zero attached hydrogens (tertiary/aromatic N) is 3. The van der Waals surface area contributed by atoms with Crippen LogP contribution in [0.5, 0.6) is 0 Å². The van der Waals surface area contributed by atoms with Crippen molar-refractivity contribution in [3.63, 3.8) is 0 Å². The number of ether oxygens (including phenoxy) is 2. The number of fused-ring (bicyclic) bond motifs is 1. The van der Waals surface area contributed by atoms with Crippen LogP contribution in [0.15, 0.2) is 76.0 Å². The molecule has 10 heteroatoms. The molecule has 1 saturated heterocycles. The van der Waals surface area contributed by atoms with Crippen molar-refractivity contribution in [1.82, 2.24) is 9.97 Å². The van der Waals surface area contributed by atoms with Gasteiger partial charge in [-0.15, -0.1) is 0 Å². The summed E-state index contributed by atoms with van der Waals surface area (Å²) in [5.41, 5.74) is 2.95. The van der Waals surface area contributed by atoms with Crippen molar-refractivity contribution in [3.05, 3.63) is 82.1 Å². The van der Waals surface area contributed by atoms with Gasteiger partial charge in [0.25, 0.3) is 5.88 Å². The third-order valence-electron chi connectivity index (χ3n) is 7.33.